The van der Waals surface area contributed by atoms with Crippen molar-refractivity contribution in [3.05, 3.63) is 272 Å². The van der Waals surface area contributed by atoms with Crippen molar-refractivity contribution in [2.24, 2.45) is 5.92 Å². The quantitative estimate of drug-likeness (QED) is 0.0876. The lowest BCUT2D eigenvalue weighted by molar-refractivity contribution is 0.660. The van der Waals surface area contributed by atoms with Crippen LogP contribution in [0.5, 0.6) is 0 Å². The third kappa shape index (κ3) is 7.68. The van der Waals surface area contributed by atoms with Crippen LogP contribution < -0.4 is 4.90 Å². The van der Waals surface area contributed by atoms with Crippen LogP contribution in [0.15, 0.2) is 256 Å². The van der Waals surface area contributed by atoms with Crippen LogP contribution in [0.4, 0.5) is 11.4 Å². The minimum absolute atomic E-state index is 0.0911. The fourth-order valence-corrected chi connectivity index (χ4v) is 11.6. The van der Waals surface area contributed by atoms with Gasteiger partial charge in [0, 0.05) is 39.8 Å². The van der Waals surface area contributed by atoms with Gasteiger partial charge >= 0.3 is 0 Å². The summed E-state index contributed by atoms with van der Waals surface area (Å²) in [7, 11) is 0. The Morgan fingerprint density at radius 1 is 0.535 bits per heavy atom. The maximum Gasteiger partial charge on any atom is 0.0531 e. The molecule has 10 aromatic rings. The van der Waals surface area contributed by atoms with E-state index in [2.05, 4.69) is 267 Å². The average Bonchev–Trinajstić information content (AvgIpc) is 3.75. The van der Waals surface area contributed by atoms with E-state index in [-0.39, 0.29) is 5.41 Å². The second-order valence-corrected chi connectivity index (χ2v) is 19.7. The van der Waals surface area contributed by atoms with Crippen molar-refractivity contribution < 1.29 is 0 Å². The lowest BCUT2D eigenvalue weighted by atomic mass is 9.80. The van der Waals surface area contributed by atoms with Gasteiger partial charge in [0.05, 0.1) is 5.52 Å². The predicted octanol–water partition coefficient (Wildman–Crippen LogP) is 18.7. The highest BCUT2D eigenvalue weighted by molar-refractivity contribution is 6.21. The topological polar surface area (TPSA) is 8.17 Å². The predicted molar refractivity (Wildman–Crippen MR) is 304 cm³/mol. The lowest BCUT2D eigenvalue weighted by Crippen LogP contribution is -2.15. The van der Waals surface area contributed by atoms with Gasteiger partial charge in [0.15, 0.2) is 0 Å². The molecular weight excluding hydrogens is 857 g/mol. The molecule has 12 rings (SSSR count). The number of hydrogen-bond donors (Lipinski definition) is 0. The standard InChI is InChI=1S/C69H56N2/c1-5-21-47(6-2)42-52-46-70(66-41-37-49(44-63(52)66)48-22-9-7-10-23-48)53-27-20-28-55(39-38-53)71(54-25-11-8-12-26-54)56-29-19-24-50(43-56)67-59-31-13-15-33-61(59)68(62-34-16-14-32-60(62)67)51-36-40-58-57-30-17-18-35-64(57)69(3,4)65(58)45-51/h5-19,22-41,43-47H,1-2,20-21,42H2,3-4H3. The number of para-hydroxylation sites is 1. The Morgan fingerprint density at radius 2 is 1.14 bits per heavy atom. The first-order chi connectivity index (χ1) is 34.9. The van der Waals surface area contributed by atoms with Gasteiger partial charge in [0.2, 0.25) is 0 Å². The summed E-state index contributed by atoms with van der Waals surface area (Å²) in [5.41, 5.74) is 19.8. The Balaban J connectivity index is 0.946. The van der Waals surface area contributed by atoms with Crippen molar-refractivity contribution in [1.29, 1.82) is 0 Å². The SMILES string of the molecule is C=CCC(C=C)Cc1cn(C2=CCC=C(N(c3ccccc3)c3cccc(-c4c5ccccc5c(-c5ccc6c(c5)C(C)(C)c5ccccc5-6)c5ccccc45)c3)C=C2)c2ccc(-c3ccccc3)cc12. The third-order valence-corrected chi connectivity index (χ3v) is 15.1. The molecule has 0 spiro atoms. The lowest BCUT2D eigenvalue weighted by Gasteiger charge is -2.27. The zero-order valence-corrected chi connectivity index (χ0v) is 40.5. The van der Waals surface area contributed by atoms with Crippen LogP contribution >= 0.6 is 0 Å². The summed E-state index contributed by atoms with van der Waals surface area (Å²) in [6, 6.07) is 71.7. The van der Waals surface area contributed by atoms with E-state index in [0.29, 0.717) is 5.92 Å². The number of nitrogens with zero attached hydrogens (tertiary/aromatic N) is 2. The Hall–Kier alpha value is -8.46. The summed E-state index contributed by atoms with van der Waals surface area (Å²) in [6.45, 7) is 13.0. The van der Waals surface area contributed by atoms with Crippen LogP contribution in [-0.4, -0.2) is 4.57 Å². The third-order valence-electron chi connectivity index (χ3n) is 15.1. The van der Waals surface area contributed by atoms with Gasteiger partial charge in [-0.2, -0.15) is 0 Å². The number of hydrogen-bond acceptors (Lipinski definition) is 1. The van der Waals surface area contributed by atoms with E-state index >= 15 is 0 Å². The van der Waals surface area contributed by atoms with Crippen LogP contribution in [0.25, 0.3) is 82.7 Å². The molecule has 0 fully saturated rings. The van der Waals surface area contributed by atoms with Gasteiger partial charge in [-0.3, -0.25) is 0 Å². The first-order valence-electron chi connectivity index (χ1n) is 25.0. The highest BCUT2D eigenvalue weighted by atomic mass is 15.1. The number of fused-ring (bicyclic) bond motifs is 6. The highest BCUT2D eigenvalue weighted by Gasteiger charge is 2.35. The zero-order chi connectivity index (χ0) is 48.1. The molecule has 0 N–H and O–H groups in total. The van der Waals surface area contributed by atoms with Crippen LogP contribution in [0.3, 0.4) is 0 Å². The van der Waals surface area contributed by atoms with E-state index in [1.807, 2.05) is 6.08 Å². The van der Waals surface area contributed by atoms with Gasteiger partial charge < -0.3 is 9.47 Å². The molecule has 0 saturated heterocycles. The van der Waals surface area contributed by atoms with E-state index in [0.717, 1.165) is 42.0 Å². The molecular formula is C69H56N2. The Bertz CT molecular complexity index is 3740. The van der Waals surface area contributed by atoms with Crippen molar-refractivity contribution in [2.75, 3.05) is 4.90 Å². The summed E-state index contributed by atoms with van der Waals surface area (Å²) >= 11 is 0. The van der Waals surface area contributed by atoms with Crippen molar-refractivity contribution in [3.63, 3.8) is 0 Å². The van der Waals surface area contributed by atoms with E-state index < -0.39 is 0 Å². The Morgan fingerprint density at radius 3 is 1.85 bits per heavy atom. The summed E-state index contributed by atoms with van der Waals surface area (Å²) < 4.78 is 2.39. The molecule has 2 nitrogen and oxygen atoms in total. The first-order valence-corrected chi connectivity index (χ1v) is 25.0. The number of aromatic nitrogens is 1. The van der Waals surface area contributed by atoms with E-state index in [1.165, 1.54) is 93.6 Å². The molecule has 1 unspecified atom stereocenters. The number of benzene rings is 9. The molecule has 0 saturated carbocycles. The fraction of sp³-hybridized carbons (Fsp3) is 0.101. The molecule has 0 amide bonds. The first kappa shape index (κ1) is 43.8. The van der Waals surface area contributed by atoms with E-state index in [9.17, 15) is 0 Å². The largest absolute Gasteiger partial charge is 0.317 e. The second kappa shape index (κ2) is 18.1. The van der Waals surface area contributed by atoms with E-state index in [1.54, 1.807) is 0 Å². The summed E-state index contributed by atoms with van der Waals surface area (Å²) in [4.78, 5) is 2.41. The summed E-state index contributed by atoms with van der Waals surface area (Å²) in [6.07, 6.45) is 18.3. The van der Waals surface area contributed by atoms with Crippen LogP contribution in [0.1, 0.15) is 43.4 Å². The minimum Gasteiger partial charge on any atom is -0.317 e. The Kier molecular flexibility index (Phi) is 11.2. The smallest absolute Gasteiger partial charge is 0.0531 e. The van der Waals surface area contributed by atoms with Crippen LogP contribution in [0, 0.1) is 5.92 Å². The maximum atomic E-state index is 4.20. The maximum absolute atomic E-state index is 4.20. The van der Waals surface area contributed by atoms with Gasteiger partial charge in [0.25, 0.3) is 0 Å². The van der Waals surface area contributed by atoms with Gasteiger partial charge in [-0.15, -0.1) is 13.2 Å². The zero-order valence-electron chi connectivity index (χ0n) is 40.5. The Labute approximate surface area is 418 Å². The second-order valence-electron chi connectivity index (χ2n) is 19.7. The monoisotopic (exact) mass is 912 g/mol. The molecule has 0 radical (unpaired) electrons. The molecule has 0 bridgehead atoms. The van der Waals surface area contributed by atoms with Gasteiger partial charge in [-0.05, 0) is 163 Å². The van der Waals surface area contributed by atoms with Crippen molar-refractivity contribution in [1.82, 2.24) is 4.57 Å². The van der Waals surface area contributed by atoms with Crippen molar-refractivity contribution in [2.45, 2.75) is 38.5 Å². The van der Waals surface area contributed by atoms with Gasteiger partial charge in [-0.25, -0.2) is 0 Å². The summed E-state index contributed by atoms with van der Waals surface area (Å²) in [5.74, 6) is 0.305. The fourth-order valence-electron chi connectivity index (χ4n) is 11.6. The van der Waals surface area contributed by atoms with E-state index in [4.69, 9.17) is 0 Å². The molecule has 71 heavy (non-hydrogen) atoms. The molecule has 2 aliphatic carbocycles. The van der Waals surface area contributed by atoms with Gasteiger partial charge in [-0.1, -0.05) is 190 Å². The molecule has 9 aromatic carbocycles. The van der Waals surface area contributed by atoms with Crippen LogP contribution in [0.2, 0.25) is 0 Å². The minimum atomic E-state index is -0.0911. The molecule has 1 atom stereocenters. The molecule has 0 aliphatic heterocycles. The number of anilines is 2. The normalized spacial score (nSPS) is 14.1. The number of allylic oxidation sites excluding steroid dienone is 7. The highest BCUT2D eigenvalue weighted by Crippen LogP contribution is 2.51. The number of rotatable bonds is 12. The van der Waals surface area contributed by atoms with Crippen molar-refractivity contribution >= 4 is 49.5 Å². The van der Waals surface area contributed by atoms with Crippen molar-refractivity contribution in [3.8, 4) is 44.5 Å². The molecule has 1 aromatic heterocycles. The van der Waals surface area contributed by atoms with Crippen LogP contribution in [-0.2, 0) is 11.8 Å². The molecule has 2 heteroatoms. The molecule has 342 valence electrons. The summed E-state index contributed by atoms with van der Waals surface area (Å²) in [5, 5.41) is 6.27. The molecule has 1 heterocycles. The average molecular weight is 913 g/mol. The molecule has 2 aliphatic rings. The van der Waals surface area contributed by atoms with Gasteiger partial charge in [0.1, 0.15) is 0 Å².